The maximum atomic E-state index is 4.58. The summed E-state index contributed by atoms with van der Waals surface area (Å²) in [6.07, 6.45) is 0. The number of fused-ring (bicyclic) bond motifs is 1. The molecule has 15 heavy (non-hydrogen) atoms. The smallest absolute Gasteiger partial charge is 0.127 e. The largest absolute Gasteiger partial charge is 0.340 e. The molecule has 80 valence electrons. The number of nitrogens with one attached hydrogen (secondary N) is 2. The highest BCUT2D eigenvalue weighted by molar-refractivity contribution is 5.76. The molecule has 3 nitrogen and oxygen atoms in total. The summed E-state index contributed by atoms with van der Waals surface area (Å²) in [5.41, 5.74) is 3.26. The third kappa shape index (κ3) is 1.75. The van der Waals surface area contributed by atoms with E-state index in [-0.39, 0.29) is 5.54 Å². The van der Waals surface area contributed by atoms with Crippen molar-refractivity contribution in [3.63, 3.8) is 0 Å². The highest BCUT2D eigenvalue weighted by Gasteiger charge is 2.21. The van der Waals surface area contributed by atoms with Gasteiger partial charge in [-0.2, -0.15) is 0 Å². The number of aromatic nitrogens is 2. The Labute approximate surface area is 89.9 Å². The summed E-state index contributed by atoms with van der Waals surface area (Å²) in [6.45, 7) is 6.30. The first-order valence-electron chi connectivity index (χ1n) is 5.19. The van der Waals surface area contributed by atoms with Crippen LogP contribution >= 0.6 is 0 Å². The predicted octanol–water partition coefficient (Wildman–Crippen LogP) is 2.33. The number of imidazole rings is 1. The van der Waals surface area contributed by atoms with Crippen LogP contribution < -0.4 is 5.32 Å². The van der Waals surface area contributed by atoms with E-state index in [9.17, 15) is 0 Å². The molecule has 0 unspecified atom stereocenters. The van der Waals surface area contributed by atoms with Crippen LogP contribution in [0.1, 0.15) is 25.2 Å². The molecule has 1 heterocycles. The summed E-state index contributed by atoms with van der Waals surface area (Å²) in [6, 6.07) is 6.26. The van der Waals surface area contributed by atoms with Gasteiger partial charge in [0, 0.05) is 0 Å². The minimum atomic E-state index is -0.118. The molecule has 0 aliphatic rings. The van der Waals surface area contributed by atoms with Gasteiger partial charge in [0.15, 0.2) is 0 Å². The maximum absolute atomic E-state index is 4.58. The normalized spacial score (nSPS) is 12.3. The van der Waals surface area contributed by atoms with Gasteiger partial charge in [0.2, 0.25) is 0 Å². The fourth-order valence-electron chi connectivity index (χ4n) is 1.54. The van der Waals surface area contributed by atoms with Gasteiger partial charge in [0.1, 0.15) is 5.82 Å². The molecule has 0 saturated carbocycles. The Morgan fingerprint density at radius 2 is 2.07 bits per heavy atom. The van der Waals surface area contributed by atoms with Crippen molar-refractivity contribution < 1.29 is 0 Å². The van der Waals surface area contributed by atoms with Crippen molar-refractivity contribution in [3.8, 4) is 0 Å². The average Bonchev–Trinajstić information content (AvgIpc) is 2.61. The van der Waals surface area contributed by atoms with Crippen molar-refractivity contribution in [1.82, 2.24) is 15.3 Å². The first kappa shape index (κ1) is 10.2. The number of aryl methyl sites for hydroxylation is 1. The molecule has 0 spiro atoms. The van der Waals surface area contributed by atoms with Crippen molar-refractivity contribution in [2.75, 3.05) is 7.05 Å². The van der Waals surface area contributed by atoms with Crippen LogP contribution in [0.25, 0.3) is 11.0 Å². The molecule has 0 fully saturated rings. The van der Waals surface area contributed by atoms with Crippen molar-refractivity contribution >= 4 is 11.0 Å². The van der Waals surface area contributed by atoms with Crippen molar-refractivity contribution in [2.24, 2.45) is 0 Å². The van der Waals surface area contributed by atoms with Crippen LogP contribution in [0.2, 0.25) is 0 Å². The Kier molecular flexibility index (Phi) is 2.27. The lowest BCUT2D eigenvalue weighted by atomic mass is 10.1. The van der Waals surface area contributed by atoms with Crippen LogP contribution in [0.15, 0.2) is 18.2 Å². The lowest BCUT2D eigenvalue weighted by Crippen LogP contribution is -2.34. The monoisotopic (exact) mass is 203 g/mol. The molecule has 0 aliphatic carbocycles. The fraction of sp³-hybridized carbons (Fsp3) is 0.417. The summed E-state index contributed by atoms with van der Waals surface area (Å²) in [5.74, 6) is 0.977. The standard InChI is InChI=1S/C12H17N3/c1-8-5-6-9-10(7-8)15-11(14-9)12(2,3)13-4/h5-7,13H,1-4H3,(H,14,15). The number of aromatic amines is 1. The number of benzene rings is 1. The molecule has 0 bridgehead atoms. The van der Waals surface area contributed by atoms with E-state index in [4.69, 9.17) is 0 Å². The molecular formula is C12H17N3. The summed E-state index contributed by atoms with van der Waals surface area (Å²) < 4.78 is 0. The van der Waals surface area contributed by atoms with Crippen LogP contribution in [0, 0.1) is 6.92 Å². The SMILES string of the molecule is CNC(C)(C)c1nc2ccc(C)cc2[nH]1. The van der Waals surface area contributed by atoms with Crippen molar-refractivity contribution in [3.05, 3.63) is 29.6 Å². The van der Waals surface area contributed by atoms with E-state index < -0.39 is 0 Å². The summed E-state index contributed by atoms with van der Waals surface area (Å²) >= 11 is 0. The number of hydrogen-bond donors (Lipinski definition) is 2. The Hall–Kier alpha value is -1.35. The van der Waals surface area contributed by atoms with E-state index in [2.05, 4.69) is 54.3 Å². The number of nitrogens with zero attached hydrogens (tertiary/aromatic N) is 1. The van der Waals surface area contributed by atoms with E-state index in [1.807, 2.05) is 7.05 Å². The molecule has 1 aromatic heterocycles. The van der Waals surface area contributed by atoms with Crippen LogP contribution in [-0.4, -0.2) is 17.0 Å². The van der Waals surface area contributed by atoms with E-state index in [0.717, 1.165) is 16.9 Å². The third-order valence-electron chi connectivity index (χ3n) is 2.85. The second-order valence-corrected chi connectivity index (χ2v) is 4.48. The topological polar surface area (TPSA) is 40.7 Å². The zero-order chi connectivity index (χ0) is 11.1. The van der Waals surface area contributed by atoms with Gasteiger partial charge in [-0.15, -0.1) is 0 Å². The quantitative estimate of drug-likeness (QED) is 0.786. The molecule has 0 amide bonds. The third-order valence-corrected chi connectivity index (χ3v) is 2.85. The van der Waals surface area contributed by atoms with Gasteiger partial charge in [0.05, 0.1) is 16.6 Å². The minimum Gasteiger partial charge on any atom is -0.340 e. The first-order valence-corrected chi connectivity index (χ1v) is 5.19. The maximum Gasteiger partial charge on any atom is 0.127 e. The second kappa shape index (κ2) is 3.35. The zero-order valence-electron chi connectivity index (χ0n) is 9.68. The van der Waals surface area contributed by atoms with E-state index in [0.29, 0.717) is 0 Å². The van der Waals surface area contributed by atoms with Crippen LogP contribution in [0.5, 0.6) is 0 Å². The van der Waals surface area contributed by atoms with Gasteiger partial charge in [0.25, 0.3) is 0 Å². The Balaban J connectivity index is 2.56. The minimum absolute atomic E-state index is 0.118. The van der Waals surface area contributed by atoms with Crippen LogP contribution in [0.3, 0.4) is 0 Å². The van der Waals surface area contributed by atoms with Crippen LogP contribution in [-0.2, 0) is 5.54 Å². The molecule has 2 N–H and O–H groups in total. The molecule has 0 atom stereocenters. The molecule has 3 heteroatoms. The van der Waals surface area contributed by atoms with Gasteiger partial charge in [-0.05, 0) is 45.5 Å². The lowest BCUT2D eigenvalue weighted by molar-refractivity contribution is 0.422. The number of H-pyrrole nitrogens is 1. The molecule has 0 saturated heterocycles. The van der Waals surface area contributed by atoms with Crippen molar-refractivity contribution in [1.29, 1.82) is 0 Å². The average molecular weight is 203 g/mol. The van der Waals surface area contributed by atoms with Gasteiger partial charge < -0.3 is 10.3 Å². The van der Waals surface area contributed by atoms with E-state index in [1.54, 1.807) is 0 Å². The molecule has 1 aromatic carbocycles. The molecule has 2 aromatic rings. The van der Waals surface area contributed by atoms with Crippen LogP contribution in [0.4, 0.5) is 0 Å². The van der Waals surface area contributed by atoms with E-state index >= 15 is 0 Å². The van der Waals surface area contributed by atoms with Gasteiger partial charge in [-0.25, -0.2) is 4.98 Å². The fourth-order valence-corrected chi connectivity index (χ4v) is 1.54. The van der Waals surface area contributed by atoms with Crippen molar-refractivity contribution in [2.45, 2.75) is 26.3 Å². The second-order valence-electron chi connectivity index (χ2n) is 4.48. The van der Waals surface area contributed by atoms with Gasteiger partial charge in [-0.3, -0.25) is 0 Å². The predicted molar refractivity (Wildman–Crippen MR) is 62.9 cm³/mol. The Morgan fingerprint density at radius 1 is 1.33 bits per heavy atom. The number of rotatable bonds is 2. The number of hydrogen-bond acceptors (Lipinski definition) is 2. The zero-order valence-corrected chi connectivity index (χ0v) is 9.68. The molecule has 0 aliphatic heterocycles. The van der Waals surface area contributed by atoms with Gasteiger partial charge >= 0.3 is 0 Å². The van der Waals surface area contributed by atoms with Gasteiger partial charge in [-0.1, -0.05) is 6.07 Å². The Morgan fingerprint density at radius 3 is 2.73 bits per heavy atom. The highest BCUT2D eigenvalue weighted by atomic mass is 15.0. The molecule has 0 radical (unpaired) electrons. The molecular weight excluding hydrogens is 186 g/mol. The first-order chi connectivity index (χ1) is 7.03. The summed E-state index contributed by atoms with van der Waals surface area (Å²) in [7, 11) is 1.94. The Bertz CT molecular complexity index is 483. The lowest BCUT2D eigenvalue weighted by Gasteiger charge is -2.20. The van der Waals surface area contributed by atoms with E-state index in [1.165, 1.54) is 5.56 Å². The molecule has 2 rings (SSSR count). The highest BCUT2D eigenvalue weighted by Crippen LogP contribution is 2.20. The summed E-state index contributed by atoms with van der Waals surface area (Å²) in [5, 5.41) is 3.24. The summed E-state index contributed by atoms with van der Waals surface area (Å²) in [4.78, 5) is 7.93.